The van der Waals surface area contributed by atoms with Gasteiger partial charge in [0.2, 0.25) is 0 Å². The summed E-state index contributed by atoms with van der Waals surface area (Å²) in [5, 5.41) is 0. The molecule has 0 aliphatic carbocycles. The molecule has 2 heterocycles. The average molecular weight is 965 g/mol. The minimum atomic E-state index is 1.10. The van der Waals surface area contributed by atoms with Crippen molar-refractivity contribution in [2.75, 3.05) is 21.3 Å². The minimum absolute atomic E-state index is 1.10. The maximum atomic E-state index is 2.37. The summed E-state index contributed by atoms with van der Waals surface area (Å²) >= 11 is 5.93. The summed E-state index contributed by atoms with van der Waals surface area (Å²) in [4.78, 5) is 10.2. The highest BCUT2D eigenvalue weighted by molar-refractivity contribution is 8.06. The molecule has 0 fully saturated rings. The van der Waals surface area contributed by atoms with Crippen LogP contribution in [0.3, 0.4) is 0 Å². The highest BCUT2D eigenvalue weighted by atomic mass is 32.2. The predicted molar refractivity (Wildman–Crippen MR) is 308 cm³/mol. The second-order valence-electron chi connectivity index (χ2n) is 17.5. The van der Waals surface area contributed by atoms with Crippen LogP contribution in [-0.4, -0.2) is 11.5 Å². The van der Waals surface area contributed by atoms with Crippen LogP contribution in [0.5, 0.6) is 0 Å². The molecule has 71 heavy (non-hydrogen) atoms. The fourth-order valence-corrected chi connectivity index (χ4v) is 13.7. The van der Waals surface area contributed by atoms with E-state index in [4.69, 9.17) is 0 Å². The molecule has 1 aliphatic heterocycles. The molecule has 0 radical (unpaired) electrons. The number of benzene rings is 10. The molecule has 1 aliphatic rings. The van der Waals surface area contributed by atoms with Crippen LogP contribution in [0.4, 0.5) is 34.1 Å². The van der Waals surface area contributed by atoms with Gasteiger partial charge in [0.05, 0.1) is 0 Å². The Kier molecular flexibility index (Phi) is 12.7. The van der Waals surface area contributed by atoms with Crippen molar-refractivity contribution in [2.45, 2.75) is 9.79 Å². The van der Waals surface area contributed by atoms with Gasteiger partial charge in [-0.3, -0.25) is 0 Å². The van der Waals surface area contributed by atoms with Crippen molar-refractivity contribution in [2.24, 2.45) is 0 Å². The molecule has 12 rings (SSSR count). The summed E-state index contributed by atoms with van der Waals surface area (Å²) in [5.74, 6) is 2.20. The van der Waals surface area contributed by atoms with Gasteiger partial charge in [-0.1, -0.05) is 194 Å². The van der Waals surface area contributed by atoms with E-state index in [0.29, 0.717) is 0 Å². The predicted octanol–water partition coefficient (Wildman–Crippen LogP) is 19.9. The monoisotopic (exact) mass is 964 g/mol. The number of nitrogens with zero attached hydrogens (tertiary/aromatic N) is 2. The third-order valence-electron chi connectivity index (χ3n) is 13.1. The lowest BCUT2D eigenvalue weighted by molar-refractivity contribution is 1.27. The number of fused-ring (bicyclic) bond motifs is 1. The van der Waals surface area contributed by atoms with Gasteiger partial charge in [0.15, 0.2) is 0 Å². The van der Waals surface area contributed by atoms with E-state index in [1.807, 2.05) is 34.9 Å². The Morgan fingerprint density at radius 1 is 0.211 bits per heavy atom. The van der Waals surface area contributed by atoms with Crippen LogP contribution in [-0.2, 0) is 0 Å². The number of hydrogen-bond acceptors (Lipinski definition) is 5. The third kappa shape index (κ3) is 9.36. The van der Waals surface area contributed by atoms with Gasteiger partial charge in [-0.15, -0.1) is 34.9 Å². The summed E-state index contributed by atoms with van der Waals surface area (Å²) in [6.07, 6.45) is 0. The normalized spacial score (nSPS) is 12.0. The smallest absolute Gasteiger partial charge is 0.0497 e. The fourth-order valence-electron chi connectivity index (χ4n) is 9.48. The van der Waals surface area contributed by atoms with Gasteiger partial charge in [-0.05, 0) is 128 Å². The molecule has 340 valence electrons. The number of anilines is 6. The first kappa shape index (κ1) is 44.4. The first-order valence-electron chi connectivity index (χ1n) is 24.1. The van der Waals surface area contributed by atoms with Gasteiger partial charge in [0.25, 0.3) is 0 Å². The molecular formula is C66H48N2S3. The lowest BCUT2D eigenvalue weighted by atomic mass is 10.0. The summed E-state index contributed by atoms with van der Waals surface area (Å²) in [6.45, 7) is 0. The molecule has 0 unspecified atom stereocenters. The molecule has 0 N–H and O–H groups in total. The van der Waals surface area contributed by atoms with Gasteiger partial charge in [0.1, 0.15) is 0 Å². The lowest BCUT2D eigenvalue weighted by Crippen LogP contribution is -2.09. The van der Waals surface area contributed by atoms with Crippen molar-refractivity contribution in [3.8, 4) is 65.4 Å². The van der Waals surface area contributed by atoms with E-state index in [1.165, 1.54) is 75.2 Å². The van der Waals surface area contributed by atoms with Crippen molar-refractivity contribution in [1.82, 2.24) is 0 Å². The molecule has 0 bridgehead atoms. The maximum Gasteiger partial charge on any atom is 0.0497 e. The Balaban J connectivity index is 0.869. The zero-order chi connectivity index (χ0) is 47.3. The van der Waals surface area contributed by atoms with Crippen LogP contribution < -0.4 is 9.80 Å². The van der Waals surface area contributed by atoms with E-state index < -0.39 is 0 Å². The Bertz CT molecular complexity index is 3100. The molecule has 2 nitrogen and oxygen atoms in total. The lowest BCUT2D eigenvalue weighted by Gasteiger charge is -2.26. The van der Waals surface area contributed by atoms with Crippen LogP contribution in [0.1, 0.15) is 0 Å². The van der Waals surface area contributed by atoms with Gasteiger partial charge >= 0.3 is 0 Å². The number of hydrogen-bond donors (Lipinski definition) is 0. The average Bonchev–Trinajstić information content (AvgIpc) is 3.85. The van der Waals surface area contributed by atoms with Crippen LogP contribution in [0, 0.1) is 0 Å². The Morgan fingerprint density at radius 2 is 0.408 bits per heavy atom. The second kappa shape index (κ2) is 20.3. The molecule has 10 aromatic carbocycles. The Hall–Kier alpha value is -7.80. The molecule has 0 amide bonds. The van der Waals surface area contributed by atoms with E-state index in [0.717, 1.165) is 45.6 Å². The zero-order valence-electron chi connectivity index (χ0n) is 38.9. The quantitative estimate of drug-likeness (QED) is 0.120. The molecule has 0 saturated heterocycles. The summed E-state index contributed by atoms with van der Waals surface area (Å²) < 4.78 is 0. The van der Waals surface area contributed by atoms with Crippen LogP contribution >= 0.6 is 34.9 Å². The molecule has 5 heteroatoms. The number of thiophene rings is 1. The van der Waals surface area contributed by atoms with Crippen molar-refractivity contribution in [3.63, 3.8) is 0 Å². The van der Waals surface area contributed by atoms with Gasteiger partial charge in [-0.2, -0.15) is 0 Å². The standard InChI is InChI=1S/C66H48N2S3/c1-5-13-47(14-6-1)51-21-33-57(34-22-51)67(58-35-23-52(24-36-58)48-15-7-2-8-16-48)61-41-29-55(30-42-61)63-65-66(70-46-45-69-65)64(71-63)56-31-43-62(44-32-56)68(59-37-25-53(26-38-59)49-17-9-3-10-18-49)60-39-27-54(28-40-60)50-19-11-4-12-20-50/h1-44H,45-46H2. The molecule has 0 spiro atoms. The van der Waals surface area contributed by atoms with E-state index in [9.17, 15) is 0 Å². The first-order valence-corrected chi connectivity index (χ1v) is 26.8. The van der Waals surface area contributed by atoms with Gasteiger partial charge in [0, 0.05) is 65.2 Å². The Morgan fingerprint density at radius 3 is 0.634 bits per heavy atom. The third-order valence-corrected chi connectivity index (χ3v) is 17.2. The second-order valence-corrected chi connectivity index (χ2v) is 20.8. The summed E-state index contributed by atoms with van der Waals surface area (Å²) in [6, 6.07) is 96.6. The highest BCUT2D eigenvalue weighted by Gasteiger charge is 2.25. The molecule has 1 aromatic heterocycles. The van der Waals surface area contributed by atoms with E-state index in [-0.39, 0.29) is 0 Å². The largest absolute Gasteiger partial charge is 0.311 e. The maximum absolute atomic E-state index is 2.37. The number of rotatable bonds is 12. The molecular weight excluding hydrogens is 917 g/mol. The van der Waals surface area contributed by atoms with Crippen molar-refractivity contribution in [1.29, 1.82) is 0 Å². The summed E-state index contributed by atoms with van der Waals surface area (Å²) in [7, 11) is 0. The van der Waals surface area contributed by atoms with Crippen LogP contribution in [0.15, 0.2) is 277 Å². The van der Waals surface area contributed by atoms with E-state index in [2.05, 4.69) is 277 Å². The van der Waals surface area contributed by atoms with Crippen molar-refractivity contribution < 1.29 is 0 Å². The molecule has 0 saturated carbocycles. The molecule has 0 atom stereocenters. The van der Waals surface area contributed by atoms with Gasteiger partial charge < -0.3 is 9.80 Å². The van der Waals surface area contributed by atoms with E-state index >= 15 is 0 Å². The van der Waals surface area contributed by atoms with Crippen molar-refractivity contribution in [3.05, 3.63) is 267 Å². The Labute approximate surface area is 429 Å². The van der Waals surface area contributed by atoms with Crippen LogP contribution in [0.2, 0.25) is 0 Å². The SMILES string of the molecule is c1ccc(-c2ccc(N(c3ccc(-c4ccccc4)cc3)c3ccc(-c4sc(-c5ccc(N(c6ccc(-c7ccccc7)cc6)c6ccc(-c7ccccc7)cc6)cc5)c5c4SCCS5)cc3)cc2)cc1. The zero-order valence-corrected chi connectivity index (χ0v) is 41.4. The first-order chi connectivity index (χ1) is 35.2. The van der Waals surface area contributed by atoms with E-state index in [1.54, 1.807) is 0 Å². The molecule has 11 aromatic rings. The van der Waals surface area contributed by atoms with Crippen LogP contribution in [0.25, 0.3) is 65.4 Å². The van der Waals surface area contributed by atoms with Gasteiger partial charge in [-0.25, -0.2) is 0 Å². The fraction of sp³-hybridized carbons (Fsp3) is 0.0303. The number of thioether (sulfide) groups is 2. The minimum Gasteiger partial charge on any atom is -0.311 e. The highest BCUT2D eigenvalue weighted by Crippen LogP contribution is 2.54. The summed E-state index contributed by atoms with van der Waals surface area (Å²) in [5.41, 5.74) is 18.8. The van der Waals surface area contributed by atoms with Crippen molar-refractivity contribution >= 4 is 69.0 Å². The topological polar surface area (TPSA) is 6.48 Å².